The Morgan fingerprint density at radius 2 is 1.77 bits per heavy atom. The molecule has 9 heteroatoms. The zero-order valence-electron chi connectivity index (χ0n) is 24.7. The van der Waals surface area contributed by atoms with E-state index in [4.69, 9.17) is 14.2 Å². The van der Waals surface area contributed by atoms with Crippen LogP contribution in [0.5, 0.6) is 17.2 Å². The van der Waals surface area contributed by atoms with E-state index in [1.165, 1.54) is 6.92 Å². The number of hydrogen-bond acceptors (Lipinski definition) is 7. The summed E-state index contributed by atoms with van der Waals surface area (Å²) in [6.45, 7) is 8.17. The smallest absolute Gasteiger partial charge is 0.242 e. The van der Waals surface area contributed by atoms with Crippen molar-refractivity contribution in [3.8, 4) is 28.4 Å². The van der Waals surface area contributed by atoms with Crippen LogP contribution in [-0.4, -0.2) is 45.7 Å². The van der Waals surface area contributed by atoms with Gasteiger partial charge in [0.2, 0.25) is 23.0 Å². The molecule has 0 fully saturated rings. The normalized spacial score (nSPS) is 14.8. The third-order valence-corrected chi connectivity index (χ3v) is 7.09. The topological polar surface area (TPSA) is 115 Å². The van der Waals surface area contributed by atoms with Gasteiger partial charge in [-0.05, 0) is 60.1 Å². The van der Waals surface area contributed by atoms with E-state index in [2.05, 4.69) is 22.9 Å². The van der Waals surface area contributed by atoms with Crippen LogP contribution in [0.2, 0.25) is 0 Å². The summed E-state index contributed by atoms with van der Waals surface area (Å²) in [4.78, 5) is 38.9. The van der Waals surface area contributed by atoms with Gasteiger partial charge in [-0.15, -0.1) is 0 Å². The second-order valence-corrected chi connectivity index (χ2v) is 10.6. The molecule has 2 amide bonds. The van der Waals surface area contributed by atoms with Crippen molar-refractivity contribution >= 4 is 17.5 Å². The lowest BCUT2D eigenvalue weighted by molar-refractivity contribution is -0.122. The zero-order chi connectivity index (χ0) is 29.4. The maximum absolute atomic E-state index is 13.6. The predicted molar refractivity (Wildman–Crippen MR) is 157 cm³/mol. The quantitative estimate of drug-likeness (QED) is 0.352. The molecule has 3 rings (SSSR count). The van der Waals surface area contributed by atoms with Crippen molar-refractivity contribution in [1.29, 1.82) is 0 Å². The van der Waals surface area contributed by atoms with Gasteiger partial charge in [-0.25, -0.2) is 0 Å². The summed E-state index contributed by atoms with van der Waals surface area (Å²) < 4.78 is 17.1. The van der Waals surface area contributed by atoms with Gasteiger partial charge < -0.3 is 30.2 Å². The minimum atomic E-state index is -0.550. The molecule has 0 aromatic heterocycles. The van der Waals surface area contributed by atoms with Gasteiger partial charge in [0.15, 0.2) is 11.5 Å². The molecule has 2 aromatic carbocycles. The summed E-state index contributed by atoms with van der Waals surface area (Å²) in [5.74, 6) is 1.46. The number of anilines is 1. The average molecular weight is 554 g/mol. The number of unbranched alkanes of at least 4 members (excludes halogenated alkanes) is 1. The van der Waals surface area contributed by atoms with E-state index in [9.17, 15) is 14.4 Å². The van der Waals surface area contributed by atoms with E-state index < -0.39 is 12.1 Å². The third kappa shape index (κ3) is 7.06. The fraction of sp³-hybridized carbons (Fsp3) is 0.516. The Morgan fingerprint density at radius 1 is 1.05 bits per heavy atom. The highest BCUT2D eigenvalue weighted by Crippen LogP contribution is 2.50. The van der Waals surface area contributed by atoms with E-state index in [0.29, 0.717) is 60.2 Å². The van der Waals surface area contributed by atoms with E-state index in [0.717, 1.165) is 29.5 Å². The van der Waals surface area contributed by atoms with Crippen molar-refractivity contribution in [3.63, 3.8) is 0 Å². The highest BCUT2D eigenvalue weighted by atomic mass is 16.5. The van der Waals surface area contributed by atoms with Crippen LogP contribution in [0.4, 0.5) is 5.69 Å². The number of benzene rings is 1. The van der Waals surface area contributed by atoms with Gasteiger partial charge >= 0.3 is 0 Å². The molecule has 2 atom stereocenters. The summed E-state index contributed by atoms with van der Waals surface area (Å²) in [6.07, 6.45) is 3.55. The Kier molecular flexibility index (Phi) is 10.8. The molecule has 0 bridgehead atoms. The summed E-state index contributed by atoms with van der Waals surface area (Å²) in [5.41, 5.74) is 3.19. The number of fused-ring (bicyclic) bond motifs is 3. The molecule has 2 aromatic rings. The number of aryl methyl sites for hydroxylation is 1. The van der Waals surface area contributed by atoms with Gasteiger partial charge in [-0.2, -0.15) is 0 Å². The van der Waals surface area contributed by atoms with E-state index in [1.54, 1.807) is 33.5 Å². The van der Waals surface area contributed by atoms with Crippen LogP contribution in [0.3, 0.4) is 0 Å². The first-order chi connectivity index (χ1) is 19.1. The predicted octanol–water partition coefficient (Wildman–Crippen LogP) is 4.61. The number of amides is 2. The third-order valence-electron chi connectivity index (χ3n) is 7.09. The molecule has 218 valence electrons. The van der Waals surface area contributed by atoms with Crippen molar-refractivity contribution in [1.82, 2.24) is 10.6 Å². The van der Waals surface area contributed by atoms with Gasteiger partial charge in [0.1, 0.15) is 6.04 Å². The van der Waals surface area contributed by atoms with Crippen LogP contribution in [0, 0.1) is 5.92 Å². The number of carbonyl (C=O) groups excluding carboxylic acids is 2. The van der Waals surface area contributed by atoms with Crippen molar-refractivity contribution < 1.29 is 23.8 Å². The first kappa shape index (κ1) is 30.8. The van der Waals surface area contributed by atoms with Crippen LogP contribution in [0.15, 0.2) is 29.1 Å². The van der Waals surface area contributed by atoms with Crippen molar-refractivity contribution in [2.45, 2.75) is 71.9 Å². The van der Waals surface area contributed by atoms with Crippen molar-refractivity contribution in [2.75, 3.05) is 33.2 Å². The van der Waals surface area contributed by atoms with Crippen molar-refractivity contribution in [3.05, 3.63) is 45.6 Å². The van der Waals surface area contributed by atoms with Crippen molar-refractivity contribution in [2.24, 2.45) is 5.92 Å². The Hall–Kier alpha value is -3.75. The first-order valence-corrected chi connectivity index (χ1v) is 14.0. The average Bonchev–Trinajstić information content (AvgIpc) is 3.16. The summed E-state index contributed by atoms with van der Waals surface area (Å²) in [5, 5.41) is 9.23. The highest BCUT2D eigenvalue weighted by Gasteiger charge is 2.30. The number of nitrogens with one attached hydrogen (secondary N) is 3. The Labute approximate surface area is 237 Å². The lowest BCUT2D eigenvalue weighted by atomic mass is 9.95. The van der Waals surface area contributed by atoms with Gasteiger partial charge in [-0.3, -0.25) is 14.4 Å². The number of methoxy groups -OCH3 is 3. The molecule has 0 saturated carbocycles. The number of hydrogen-bond donors (Lipinski definition) is 3. The van der Waals surface area contributed by atoms with Gasteiger partial charge in [0.05, 0.1) is 33.1 Å². The molecule has 1 aliphatic carbocycles. The molecular weight excluding hydrogens is 510 g/mol. The fourth-order valence-electron chi connectivity index (χ4n) is 5.12. The van der Waals surface area contributed by atoms with Gasteiger partial charge in [0, 0.05) is 19.0 Å². The molecule has 1 aliphatic rings. The SMILES string of the molecule is CCCCC(Nc1ccc2c(cc1=O)[C@@H](NC(C)=O)CCc1cc(OC)c(OC)c(OC)c1-2)C(=O)NCC(C)C. The number of ether oxygens (including phenoxy) is 3. The largest absolute Gasteiger partial charge is 0.493 e. The molecule has 1 unspecified atom stereocenters. The molecule has 0 spiro atoms. The van der Waals surface area contributed by atoms with Crippen LogP contribution >= 0.6 is 0 Å². The first-order valence-electron chi connectivity index (χ1n) is 14.0. The van der Waals surface area contributed by atoms with E-state index in [-0.39, 0.29) is 17.2 Å². The Balaban J connectivity index is 2.20. The molecule has 0 aliphatic heterocycles. The molecule has 0 heterocycles. The Morgan fingerprint density at radius 3 is 2.38 bits per heavy atom. The second kappa shape index (κ2) is 14.1. The molecule has 0 saturated heterocycles. The summed E-state index contributed by atoms with van der Waals surface area (Å²) >= 11 is 0. The minimum Gasteiger partial charge on any atom is -0.493 e. The lowest BCUT2D eigenvalue weighted by Gasteiger charge is -2.19. The summed E-state index contributed by atoms with van der Waals surface area (Å²) in [6, 6.07) is 6.10. The van der Waals surface area contributed by atoms with Crippen LogP contribution in [0.25, 0.3) is 11.1 Å². The fourth-order valence-corrected chi connectivity index (χ4v) is 5.12. The number of rotatable bonds is 12. The second-order valence-electron chi connectivity index (χ2n) is 10.6. The molecule has 9 nitrogen and oxygen atoms in total. The zero-order valence-corrected chi connectivity index (χ0v) is 24.7. The molecule has 40 heavy (non-hydrogen) atoms. The number of carbonyl (C=O) groups is 2. The maximum atomic E-state index is 13.6. The molecule has 0 radical (unpaired) electrons. The monoisotopic (exact) mass is 553 g/mol. The molecular formula is C31H43N3O6. The van der Waals surface area contributed by atoms with Gasteiger partial charge in [-0.1, -0.05) is 39.7 Å². The molecule has 3 N–H and O–H groups in total. The highest BCUT2D eigenvalue weighted by molar-refractivity contribution is 5.86. The van der Waals surface area contributed by atoms with Crippen LogP contribution in [0.1, 0.15) is 70.5 Å². The van der Waals surface area contributed by atoms with Crippen LogP contribution in [-0.2, 0) is 16.0 Å². The maximum Gasteiger partial charge on any atom is 0.242 e. The van der Waals surface area contributed by atoms with E-state index in [1.807, 2.05) is 26.0 Å². The standard InChI is InChI=1S/C31H43N3O6/c1-8-9-10-25(31(37)32-17-18(2)3)34-24-14-12-21-22(16-26(24)36)23(33-19(4)35)13-11-20-15-27(38-5)29(39-6)30(40-7)28(20)21/h12,14-16,18,23,25H,8-11,13,17H2,1-7H3,(H,32,37)(H,33,35)(H,34,36)/t23-,25?/m0/s1. The summed E-state index contributed by atoms with van der Waals surface area (Å²) in [7, 11) is 4.69. The van der Waals surface area contributed by atoms with E-state index >= 15 is 0 Å². The minimum absolute atomic E-state index is 0.130. The lowest BCUT2D eigenvalue weighted by Crippen LogP contribution is -2.41. The Bertz CT molecular complexity index is 1280. The van der Waals surface area contributed by atoms with Crippen LogP contribution < -0.4 is 35.6 Å². The van der Waals surface area contributed by atoms with Gasteiger partial charge in [0.25, 0.3) is 0 Å².